The normalized spacial score (nSPS) is 11.2. The second-order valence-corrected chi connectivity index (χ2v) is 6.12. The van der Waals surface area contributed by atoms with Gasteiger partial charge in [0.2, 0.25) is 0 Å². The fourth-order valence-electron chi connectivity index (χ4n) is 3.43. The lowest BCUT2D eigenvalue weighted by Gasteiger charge is -2.11. The largest absolute Gasteiger partial charge is 0.283 e. The summed E-state index contributed by atoms with van der Waals surface area (Å²) in [5.41, 5.74) is 3.01. The Kier molecular flexibility index (Phi) is 3.66. The summed E-state index contributed by atoms with van der Waals surface area (Å²) in [5.74, 6) is 0.0236. The third kappa shape index (κ3) is 2.31. The Balaban J connectivity index is 1.90. The van der Waals surface area contributed by atoms with E-state index >= 15 is 0 Å². The average molecular weight is 313 g/mol. The summed E-state index contributed by atoms with van der Waals surface area (Å²) in [6.07, 6.45) is 3.99. The number of carbonyl (C=O) groups excluding carboxylic acids is 1. The smallest absolute Gasteiger partial charge is 0.262 e. The Bertz CT molecular complexity index is 1040. The van der Waals surface area contributed by atoms with Crippen molar-refractivity contribution in [1.29, 1.82) is 0 Å². The predicted octanol–water partition coefficient (Wildman–Crippen LogP) is 5.44. The Morgan fingerprint density at radius 3 is 2.46 bits per heavy atom. The van der Waals surface area contributed by atoms with Crippen LogP contribution in [0.4, 0.5) is 0 Å². The molecule has 0 bridgehead atoms. The quantitative estimate of drug-likeness (QED) is 0.494. The lowest BCUT2D eigenvalue weighted by molar-refractivity contribution is 0.0966. The molecule has 0 fully saturated rings. The van der Waals surface area contributed by atoms with Crippen LogP contribution in [0.5, 0.6) is 0 Å². The zero-order valence-corrected chi connectivity index (χ0v) is 13.7. The zero-order chi connectivity index (χ0) is 16.5. The monoisotopic (exact) mass is 313 g/mol. The molecule has 0 unspecified atom stereocenters. The highest BCUT2D eigenvalue weighted by Crippen LogP contribution is 2.26. The van der Waals surface area contributed by atoms with Gasteiger partial charge in [-0.25, -0.2) is 0 Å². The molecule has 0 aliphatic heterocycles. The summed E-state index contributed by atoms with van der Waals surface area (Å²) in [4.78, 5) is 13.2. The Labute approximate surface area is 141 Å². The third-order valence-corrected chi connectivity index (χ3v) is 4.58. The number of carbonyl (C=O) groups is 1. The maximum absolute atomic E-state index is 13.2. The van der Waals surface area contributed by atoms with Gasteiger partial charge in [-0.2, -0.15) is 0 Å². The molecule has 2 heteroatoms. The van der Waals surface area contributed by atoms with E-state index in [0.29, 0.717) is 0 Å². The molecule has 0 saturated carbocycles. The van der Waals surface area contributed by atoms with Gasteiger partial charge in [-0.15, -0.1) is 0 Å². The van der Waals surface area contributed by atoms with Crippen molar-refractivity contribution in [2.24, 2.45) is 0 Å². The van der Waals surface area contributed by atoms with Crippen LogP contribution in [0.2, 0.25) is 0 Å². The zero-order valence-electron chi connectivity index (χ0n) is 13.7. The number of aromatic nitrogens is 1. The molecule has 2 nitrogen and oxygen atoms in total. The first-order valence-electron chi connectivity index (χ1n) is 8.41. The van der Waals surface area contributed by atoms with E-state index in [1.54, 1.807) is 4.57 Å². The van der Waals surface area contributed by atoms with E-state index in [1.165, 1.54) is 10.9 Å². The van der Waals surface area contributed by atoms with Gasteiger partial charge in [0.1, 0.15) is 0 Å². The molecular formula is C22H19NO. The molecule has 0 aliphatic carbocycles. The van der Waals surface area contributed by atoms with E-state index in [-0.39, 0.29) is 5.91 Å². The molecule has 1 heterocycles. The van der Waals surface area contributed by atoms with Gasteiger partial charge in [0, 0.05) is 17.1 Å². The molecular weight excluding hydrogens is 294 g/mol. The molecule has 0 saturated heterocycles. The van der Waals surface area contributed by atoms with Gasteiger partial charge in [0.05, 0.1) is 5.52 Å². The molecule has 0 atom stereocenters. The lowest BCUT2D eigenvalue weighted by Crippen LogP contribution is -2.11. The van der Waals surface area contributed by atoms with Gasteiger partial charge >= 0.3 is 0 Å². The van der Waals surface area contributed by atoms with Gasteiger partial charge in [-0.3, -0.25) is 9.36 Å². The number of hydrogen-bond acceptors (Lipinski definition) is 1. The maximum Gasteiger partial charge on any atom is 0.262 e. The summed E-state index contributed by atoms with van der Waals surface area (Å²) >= 11 is 0. The van der Waals surface area contributed by atoms with E-state index in [0.717, 1.165) is 34.7 Å². The summed E-state index contributed by atoms with van der Waals surface area (Å²) in [5, 5.41) is 3.30. The Hall–Kier alpha value is -2.87. The number of fused-ring (bicyclic) bond motifs is 2. The number of hydrogen-bond donors (Lipinski definition) is 0. The molecule has 4 rings (SSSR count). The summed E-state index contributed by atoms with van der Waals surface area (Å²) in [7, 11) is 0. The van der Waals surface area contributed by atoms with Gasteiger partial charge in [0.25, 0.3) is 5.91 Å². The van der Waals surface area contributed by atoms with Gasteiger partial charge in [0.15, 0.2) is 0 Å². The van der Waals surface area contributed by atoms with Crippen LogP contribution in [0.3, 0.4) is 0 Å². The average Bonchev–Trinajstić information content (AvgIpc) is 3.06. The van der Waals surface area contributed by atoms with E-state index < -0.39 is 0 Å². The van der Waals surface area contributed by atoms with Gasteiger partial charge in [-0.1, -0.05) is 61.9 Å². The number of rotatable bonds is 3. The predicted molar refractivity (Wildman–Crippen MR) is 99.6 cm³/mol. The second-order valence-electron chi connectivity index (χ2n) is 6.12. The van der Waals surface area contributed by atoms with Crippen LogP contribution in [0.25, 0.3) is 21.7 Å². The molecule has 1 aromatic heterocycles. The van der Waals surface area contributed by atoms with Crippen LogP contribution in [0.1, 0.15) is 29.3 Å². The topological polar surface area (TPSA) is 22.0 Å². The highest BCUT2D eigenvalue weighted by Gasteiger charge is 2.15. The fraction of sp³-hybridized carbons (Fsp3) is 0.136. The summed E-state index contributed by atoms with van der Waals surface area (Å²) < 4.78 is 1.75. The number of nitrogens with zero attached hydrogens (tertiary/aromatic N) is 1. The van der Waals surface area contributed by atoms with Crippen LogP contribution in [0, 0.1) is 0 Å². The van der Waals surface area contributed by atoms with E-state index in [1.807, 2.05) is 60.8 Å². The first kappa shape index (κ1) is 14.7. The van der Waals surface area contributed by atoms with Crippen molar-refractivity contribution >= 4 is 27.6 Å². The molecule has 4 aromatic rings. The van der Waals surface area contributed by atoms with E-state index in [4.69, 9.17) is 0 Å². The number of benzene rings is 3. The Morgan fingerprint density at radius 2 is 1.62 bits per heavy atom. The Morgan fingerprint density at radius 1 is 0.875 bits per heavy atom. The molecule has 0 aliphatic rings. The van der Waals surface area contributed by atoms with Gasteiger partial charge < -0.3 is 0 Å². The standard InChI is InChI=1S/C22H19NO/c1-2-7-16-12-13-20(19-10-5-4-9-18(16)19)22(24)23-15-14-17-8-3-6-11-21(17)23/h3-6,8-15H,2,7H2,1H3. The van der Waals surface area contributed by atoms with Crippen molar-refractivity contribution < 1.29 is 4.79 Å². The van der Waals surface area contributed by atoms with Crippen molar-refractivity contribution in [3.05, 3.63) is 84.1 Å². The van der Waals surface area contributed by atoms with Crippen LogP contribution in [-0.2, 0) is 6.42 Å². The minimum atomic E-state index is 0.0236. The number of para-hydroxylation sites is 1. The van der Waals surface area contributed by atoms with E-state index in [2.05, 4.69) is 19.1 Å². The van der Waals surface area contributed by atoms with Crippen molar-refractivity contribution in [2.75, 3.05) is 0 Å². The lowest BCUT2D eigenvalue weighted by atomic mass is 9.96. The molecule has 118 valence electrons. The van der Waals surface area contributed by atoms with Crippen molar-refractivity contribution in [1.82, 2.24) is 4.57 Å². The first-order valence-corrected chi connectivity index (χ1v) is 8.41. The van der Waals surface area contributed by atoms with Crippen molar-refractivity contribution in [3.63, 3.8) is 0 Å². The van der Waals surface area contributed by atoms with Crippen LogP contribution in [0.15, 0.2) is 72.9 Å². The van der Waals surface area contributed by atoms with Crippen LogP contribution >= 0.6 is 0 Å². The summed E-state index contributed by atoms with van der Waals surface area (Å²) in [6.45, 7) is 2.18. The maximum atomic E-state index is 13.2. The molecule has 3 aromatic carbocycles. The fourth-order valence-corrected chi connectivity index (χ4v) is 3.43. The van der Waals surface area contributed by atoms with E-state index in [9.17, 15) is 4.79 Å². The molecule has 24 heavy (non-hydrogen) atoms. The molecule has 0 spiro atoms. The first-order chi connectivity index (χ1) is 11.8. The second kappa shape index (κ2) is 5.97. The SMILES string of the molecule is CCCc1ccc(C(=O)n2ccc3ccccc32)c2ccccc12. The summed E-state index contributed by atoms with van der Waals surface area (Å²) in [6, 6.07) is 22.3. The third-order valence-electron chi connectivity index (χ3n) is 4.58. The highest BCUT2D eigenvalue weighted by molar-refractivity contribution is 6.11. The molecule has 0 N–H and O–H groups in total. The number of aryl methyl sites for hydroxylation is 1. The molecule has 0 amide bonds. The minimum absolute atomic E-state index is 0.0236. The van der Waals surface area contributed by atoms with Crippen molar-refractivity contribution in [3.8, 4) is 0 Å². The highest BCUT2D eigenvalue weighted by atomic mass is 16.2. The van der Waals surface area contributed by atoms with Gasteiger partial charge in [-0.05, 0) is 41.0 Å². The van der Waals surface area contributed by atoms with Crippen LogP contribution < -0.4 is 0 Å². The molecule has 0 radical (unpaired) electrons. The minimum Gasteiger partial charge on any atom is -0.283 e. The van der Waals surface area contributed by atoms with Crippen LogP contribution in [-0.4, -0.2) is 10.5 Å². The van der Waals surface area contributed by atoms with Crippen molar-refractivity contribution in [2.45, 2.75) is 19.8 Å².